The third-order valence-electron chi connectivity index (χ3n) is 4.82. The van der Waals surface area contributed by atoms with E-state index in [9.17, 15) is 9.18 Å². The first kappa shape index (κ1) is 22.2. The third kappa shape index (κ3) is 4.33. The lowest BCUT2D eigenvalue weighted by molar-refractivity contribution is 0.0600. The van der Waals surface area contributed by atoms with E-state index in [0.717, 1.165) is 11.1 Å². The average molecular weight is 424 g/mol. The van der Waals surface area contributed by atoms with Gasteiger partial charge in [0.2, 0.25) is 0 Å². The summed E-state index contributed by atoms with van der Waals surface area (Å²) in [6.45, 7) is 11.1. The molecule has 0 unspecified atom stereocenters. The molecule has 162 valence electrons. The number of benzene rings is 2. The van der Waals surface area contributed by atoms with Crippen LogP contribution in [0.1, 0.15) is 35.3 Å². The first-order chi connectivity index (χ1) is 14.8. The minimum Gasteiger partial charge on any atom is -0.493 e. The van der Waals surface area contributed by atoms with Gasteiger partial charge >= 0.3 is 5.97 Å². The molecule has 0 amide bonds. The monoisotopic (exact) mass is 424 g/mol. The van der Waals surface area contributed by atoms with Crippen molar-refractivity contribution in [1.82, 2.24) is 0 Å². The summed E-state index contributed by atoms with van der Waals surface area (Å²) in [5.74, 6) is 0.378. The van der Waals surface area contributed by atoms with Crippen LogP contribution in [0.15, 0.2) is 55.4 Å². The first-order valence-electron chi connectivity index (χ1n) is 9.75. The first-order valence-corrected chi connectivity index (χ1v) is 9.75. The summed E-state index contributed by atoms with van der Waals surface area (Å²) < 4.78 is 36.4. The topological polar surface area (TPSA) is 54.0 Å². The van der Waals surface area contributed by atoms with Gasteiger partial charge in [-0.1, -0.05) is 25.3 Å². The minimum absolute atomic E-state index is 0.0268. The van der Waals surface area contributed by atoms with Crippen molar-refractivity contribution >= 4 is 11.5 Å². The predicted molar refractivity (Wildman–Crippen MR) is 118 cm³/mol. The van der Waals surface area contributed by atoms with E-state index in [0.29, 0.717) is 28.4 Å². The molecule has 1 aliphatic heterocycles. The Balaban J connectivity index is 2.25. The smallest absolute Gasteiger partial charge is 0.338 e. The number of allylic oxidation sites excluding steroid dienone is 4. The molecule has 0 aromatic heterocycles. The number of hydrogen-bond acceptors (Lipinski definition) is 5. The number of rotatable bonds is 7. The highest BCUT2D eigenvalue weighted by Crippen LogP contribution is 2.45. The SMILES string of the molecule is C=C/C=C(\C(=C)F)c1cc2c(cc1C(=O)OC)-c1cc(OC)c(OC(C)C)cc1CO2. The molecule has 3 rings (SSSR count). The molecular formula is C25H25FO5. The Hall–Kier alpha value is -3.54. The van der Waals surface area contributed by atoms with Gasteiger partial charge in [-0.3, -0.25) is 0 Å². The molecular weight excluding hydrogens is 399 g/mol. The van der Waals surface area contributed by atoms with Crippen LogP contribution in [0.2, 0.25) is 0 Å². The second-order valence-corrected chi connectivity index (χ2v) is 7.22. The normalized spacial score (nSPS) is 12.4. The number of carbonyl (C=O) groups is 1. The summed E-state index contributed by atoms with van der Waals surface area (Å²) in [5.41, 5.74) is 3.01. The lowest BCUT2D eigenvalue weighted by atomic mass is 9.90. The quantitative estimate of drug-likeness (QED) is 0.410. The summed E-state index contributed by atoms with van der Waals surface area (Å²) in [6.07, 6.45) is 2.85. The Labute approximate surface area is 181 Å². The van der Waals surface area contributed by atoms with Crippen molar-refractivity contribution < 1.29 is 28.1 Å². The van der Waals surface area contributed by atoms with Gasteiger partial charge < -0.3 is 18.9 Å². The summed E-state index contributed by atoms with van der Waals surface area (Å²) in [4.78, 5) is 12.5. The van der Waals surface area contributed by atoms with Gasteiger partial charge in [0.25, 0.3) is 0 Å². The van der Waals surface area contributed by atoms with E-state index in [1.54, 1.807) is 19.2 Å². The second-order valence-electron chi connectivity index (χ2n) is 7.22. The van der Waals surface area contributed by atoms with Gasteiger partial charge in [-0.2, -0.15) is 0 Å². The van der Waals surface area contributed by atoms with Crippen molar-refractivity contribution in [3.63, 3.8) is 0 Å². The van der Waals surface area contributed by atoms with E-state index in [4.69, 9.17) is 18.9 Å². The molecule has 0 saturated heterocycles. The van der Waals surface area contributed by atoms with E-state index >= 15 is 0 Å². The Morgan fingerprint density at radius 1 is 1.13 bits per heavy atom. The molecule has 6 heteroatoms. The zero-order chi connectivity index (χ0) is 22.7. The van der Waals surface area contributed by atoms with Crippen molar-refractivity contribution in [3.05, 3.63) is 72.1 Å². The molecule has 1 heterocycles. The Morgan fingerprint density at radius 2 is 1.87 bits per heavy atom. The molecule has 0 fully saturated rings. The molecule has 5 nitrogen and oxygen atoms in total. The highest BCUT2D eigenvalue weighted by atomic mass is 19.1. The van der Waals surface area contributed by atoms with E-state index in [1.165, 1.54) is 19.3 Å². The van der Waals surface area contributed by atoms with Crippen LogP contribution in [0.5, 0.6) is 17.2 Å². The van der Waals surface area contributed by atoms with Gasteiger partial charge in [-0.05, 0) is 43.7 Å². The Bertz CT molecular complexity index is 1080. The molecule has 1 aliphatic rings. The molecule has 0 atom stereocenters. The van der Waals surface area contributed by atoms with Crippen LogP contribution >= 0.6 is 0 Å². The minimum atomic E-state index is -0.696. The van der Waals surface area contributed by atoms with Gasteiger partial charge in [0.05, 0.1) is 25.9 Å². The summed E-state index contributed by atoms with van der Waals surface area (Å²) in [5, 5.41) is 0. The van der Waals surface area contributed by atoms with Gasteiger partial charge in [0.1, 0.15) is 18.2 Å². The van der Waals surface area contributed by atoms with Crippen LogP contribution in [0.4, 0.5) is 4.39 Å². The number of methoxy groups -OCH3 is 2. The van der Waals surface area contributed by atoms with Crippen molar-refractivity contribution in [2.75, 3.05) is 14.2 Å². The van der Waals surface area contributed by atoms with Crippen molar-refractivity contribution in [2.24, 2.45) is 0 Å². The van der Waals surface area contributed by atoms with Crippen LogP contribution in [-0.4, -0.2) is 26.3 Å². The number of halogens is 1. The molecule has 2 aromatic carbocycles. The lowest BCUT2D eigenvalue weighted by Gasteiger charge is -2.25. The molecule has 31 heavy (non-hydrogen) atoms. The fraction of sp³-hybridized carbons (Fsp3) is 0.240. The third-order valence-corrected chi connectivity index (χ3v) is 4.82. The average Bonchev–Trinajstić information content (AvgIpc) is 2.74. The maximum Gasteiger partial charge on any atom is 0.338 e. The molecule has 0 saturated carbocycles. The van der Waals surface area contributed by atoms with Crippen molar-refractivity contribution in [3.8, 4) is 28.4 Å². The number of carbonyl (C=O) groups excluding carboxylic acids is 1. The Kier molecular flexibility index (Phi) is 6.49. The second kappa shape index (κ2) is 9.08. The largest absolute Gasteiger partial charge is 0.493 e. The van der Waals surface area contributed by atoms with Crippen molar-refractivity contribution in [1.29, 1.82) is 0 Å². The number of ether oxygens (including phenoxy) is 4. The molecule has 0 bridgehead atoms. The number of esters is 1. The zero-order valence-corrected chi connectivity index (χ0v) is 18.1. The Morgan fingerprint density at radius 3 is 2.45 bits per heavy atom. The van der Waals surface area contributed by atoms with Crippen molar-refractivity contribution in [2.45, 2.75) is 26.6 Å². The number of fused-ring (bicyclic) bond motifs is 3. The summed E-state index contributed by atoms with van der Waals surface area (Å²) in [6, 6.07) is 6.98. The summed E-state index contributed by atoms with van der Waals surface area (Å²) in [7, 11) is 2.84. The molecule has 0 N–H and O–H groups in total. The van der Waals surface area contributed by atoms with E-state index in [2.05, 4.69) is 13.2 Å². The molecule has 0 aliphatic carbocycles. The lowest BCUT2D eigenvalue weighted by Crippen LogP contribution is -2.12. The van der Waals surface area contributed by atoms with Crippen LogP contribution in [-0.2, 0) is 11.3 Å². The van der Waals surface area contributed by atoms with Gasteiger partial charge in [-0.15, -0.1) is 0 Å². The molecule has 2 aromatic rings. The fourth-order valence-corrected chi connectivity index (χ4v) is 3.49. The standard InChI is InChI=1S/C25H25FO5/c1-7-8-17(15(4)26)19-12-22-20(10-21(19)25(27)29-6)18-11-23(28-5)24(31-14(2)3)9-16(18)13-30-22/h7-12,14H,1,4,13H2,2-3,5-6H3/b17-8+. The van der Waals surface area contributed by atoms with Crippen LogP contribution < -0.4 is 14.2 Å². The van der Waals surface area contributed by atoms with E-state index in [1.807, 2.05) is 26.0 Å². The fourth-order valence-electron chi connectivity index (χ4n) is 3.49. The molecule has 0 radical (unpaired) electrons. The van der Waals surface area contributed by atoms with Crippen LogP contribution in [0, 0.1) is 0 Å². The van der Waals surface area contributed by atoms with Crippen LogP contribution in [0.3, 0.4) is 0 Å². The van der Waals surface area contributed by atoms with Gasteiger partial charge in [0, 0.05) is 22.3 Å². The van der Waals surface area contributed by atoms with Crippen LogP contribution in [0.25, 0.3) is 16.7 Å². The van der Waals surface area contributed by atoms with Gasteiger partial charge in [-0.25, -0.2) is 9.18 Å². The van der Waals surface area contributed by atoms with E-state index < -0.39 is 11.8 Å². The molecule has 0 spiro atoms. The maximum absolute atomic E-state index is 14.2. The number of hydrogen-bond donors (Lipinski definition) is 0. The zero-order valence-electron chi connectivity index (χ0n) is 18.1. The summed E-state index contributed by atoms with van der Waals surface area (Å²) >= 11 is 0. The highest BCUT2D eigenvalue weighted by Gasteiger charge is 2.26. The van der Waals surface area contributed by atoms with E-state index in [-0.39, 0.29) is 23.8 Å². The maximum atomic E-state index is 14.2. The highest BCUT2D eigenvalue weighted by molar-refractivity contribution is 6.00. The predicted octanol–water partition coefficient (Wildman–Crippen LogP) is 5.88. The van der Waals surface area contributed by atoms with Gasteiger partial charge in [0.15, 0.2) is 11.5 Å².